The Morgan fingerprint density at radius 3 is 2.52 bits per heavy atom. The third-order valence-corrected chi connectivity index (χ3v) is 4.48. The molecule has 1 aliphatic rings. The molecule has 1 atom stereocenters. The summed E-state index contributed by atoms with van der Waals surface area (Å²) in [4.78, 5) is 2.71. The van der Waals surface area contributed by atoms with Gasteiger partial charge in [-0.25, -0.2) is 0 Å². The number of aryl methyl sites for hydroxylation is 1. The van der Waals surface area contributed by atoms with Gasteiger partial charge in [-0.3, -0.25) is 0 Å². The Balaban J connectivity index is 1.97. The number of rotatable bonds is 10. The molecule has 0 radical (unpaired) electrons. The third-order valence-electron chi connectivity index (χ3n) is 4.48. The summed E-state index contributed by atoms with van der Waals surface area (Å²) < 4.78 is 0. The molecule has 0 aromatic heterocycles. The van der Waals surface area contributed by atoms with Crippen LogP contribution in [-0.4, -0.2) is 30.6 Å². The van der Waals surface area contributed by atoms with Crippen LogP contribution in [0.5, 0.6) is 0 Å². The molecular formula is C19H32N2. The highest BCUT2D eigenvalue weighted by Crippen LogP contribution is 2.29. The van der Waals surface area contributed by atoms with Gasteiger partial charge in [0.2, 0.25) is 0 Å². The van der Waals surface area contributed by atoms with Crippen molar-refractivity contribution in [2.75, 3.05) is 19.6 Å². The normalized spacial score (nSPS) is 16.4. The Morgan fingerprint density at radius 2 is 1.90 bits per heavy atom. The average molecular weight is 288 g/mol. The molecule has 118 valence electrons. The van der Waals surface area contributed by atoms with Crippen molar-refractivity contribution in [2.45, 2.75) is 65.0 Å². The van der Waals surface area contributed by atoms with Crippen molar-refractivity contribution >= 4 is 0 Å². The van der Waals surface area contributed by atoms with E-state index in [-0.39, 0.29) is 0 Å². The van der Waals surface area contributed by atoms with Gasteiger partial charge in [0, 0.05) is 18.6 Å². The number of hydrogen-bond donors (Lipinski definition) is 1. The van der Waals surface area contributed by atoms with Crippen molar-refractivity contribution in [3.8, 4) is 0 Å². The molecule has 2 heteroatoms. The zero-order valence-corrected chi connectivity index (χ0v) is 14.1. The van der Waals surface area contributed by atoms with Crippen LogP contribution in [0.1, 0.15) is 63.1 Å². The fourth-order valence-corrected chi connectivity index (χ4v) is 3.16. The molecule has 1 N–H and O–H groups in total. The topological polar surface area (TPSA) is 15.3 Å². The minimum Gasteiger partial charge on any atom is -0.310 e. The van der Waals surface area contributed by atoms with E-state index in [1.165, 1.54) is 56.3 Å². The number of nitrogens with zero attached hydrogens (tertiary/aromatic N) is 1. The van der Waals surface area contributed by atoms with Gasteiger partial charge in [-0.1, -0.05) is 38.1 Å². The van der Waals surface area contributed by atoms with Crippen LogP contribution in [0.25, 0.3) is 0 Å². The fraction of sp³-hybridized carbons (Fsp3) is 0.684. The minimum absolute atomic E-state index is 0.504. The molecule has 1 aromatic rings. The number of nitrogens with one attached hydrogen (secondary N) is 1. The molecule has 0 aliphatic heterocycles. The van der Waals surface area contributed by atoms with Crippen molar-refractivity contribution in [3.05, 3.63) is 35.4 Å². The van der Waals surface area contributed by atoms with Crippen LogP contribution in [-0.2, 0) is 0 Å². The van der Waals surface area contributed by atoms with E-state index in [1.807, 2.05) is 0 Å². The van der Waals surface area contributed by atoms with E-state index in [1.54, 1.807) is 0 Å². The van der Waals surface area contributed by atoms with Crippen molar-refractivity contribution < 1.29 is 0 Å². The molecule has 0 spiro atoms. The highest BCUT2D eigenvalue weighted by molar-refractivity contribution is 5.28. The average Bonchev–Trinajstić information content (AvgIpc) is 3.32. The van der Waals surface area contributed by atoms with E-state index in [0.29, 0.717) is 6.04 Å². The Kier molecular flexibility index (Phi) is 6.72. The van der Waals surface area contributed by atoms with E-state index in [0.717, 1.165) is 12.6 Å². The highest BCUT2D eigenvalue weighted by Gasteiger charge is 2.28. The first-order chi connectivity index (χ1) is 10.3. The standard InChI is InChI=1S/C19H32N2/c1-4-13-20-19(18-9-7-6-8-16(18)3)12-15-21(14-5-2)17-10-11-17/h6-9,17,19-20H,4-5,10-15H2,1-3H3. The molecule has 1 aromatic carbocycles. The largest absolute Gasteiger partial charge is 0.310 e. The summed E-state index contributed by atoms with van der Waals surface area (Å²) in [5, 5.41) is 3.76. The van der Waals surface area contributed by atoms with Gasteiger partial charge in [0.1, 0.15) is 0 Å². The van der Waals surface area contributed by atoms with Gasteiger partial charge in [-0.15, -0.1) is 0 Å². The Morgan fingerprint density at radius 1 is 1.14 bits per heavy atom. The molecule has 0 saturated heterocycles. The second-order valence-electron chi connectivity index (χ2n) is 6.42. The van der Waals surface area contributed by atoms with Gasteiger partial charge in [-0.2, -0.15) is 0 Å². The molecular weight excluding hydrogens is 256 g/mol. The van der Waals surface area contributed by atoms with Crippen molar-refractivity contribution in [3.63, 3.8) is 0 Å². The summed E-state index contributed by atoms with van der Waals surface area (Å²) in [6.07, 6.45) is 6.52. The van der Waals surface area contributed by atoms with E-state index in [9.17, 15) is 0 Å². The first-order valence-corrected chi connectivity index (χ1v) is 8.79. The van der Waals surface area contributed by atoms with Crippen LogP contribution in [0.4, 0.5) is 0 Å². The molecule has 0 heterocycles. The summed E-state index contributed by atoms with van der Waals surface area (Å²) in [6, 6.07) is 10.2. The fourth-order valence-electron chi connectivity index (χ4n) is 3.16. The van der Waals surface area contributed by atoms with Gasteiger partial charge >= 0.3 is 0 Å². The van der Waals surface area contributed by atoms with Crippen molar-refractivity contribution in [1.29, 1.82) is 0 Å². The maximum absolute atomic E-state index is 3.76. The molecule has 1 saturated carbocycles. The molecule has 2 rings (SSSR count). The summed E-state index contributed by atoms with van der Waals surface area (Å²) in [6.45, 7) is 10.4. The van der Waals surface area contributed by atoms with Crippen LogP contribution in [0.3, 0.4) is 0 Å². The maximum atomic E-state index is 3.76. The predicted molar refractivity (Wildman–Crippen MR) is 91.7 cm³/mol. The molecule has 0 bridgehead atoms. The van der Waals surface area contributed by atoms with Crippen LogP contribution in [0, 0.1) is 6.92 Å². The lowest BCUT2D eigenvalue weighted by Gasteiger charge is -2.26. The number of hydrogen-bond acceptors (Lipinski definition) is 2. The zero-order chi connectivity index (χ0) is 15.1. The van der Waals surface area contributed by atoms with Gasteiger partial charge < -0.3 is 10.2 Å². The molecule has 1 aliphatic carbocycles. The Hall–Kier alpha value is -0.860. The Labute approximate surface area is 130 Å². The lowest BCUT2D eigenvalue weighted by Crippen LogP contribution is -2.32. The summed E-state index contributed by atoms with van der Waals surface area (Å²) >= 11 is 0. The lowest BCUT2D eigenvalue weighted by atomic mass is 9.98. The van der Waals surface area contributed by atoms with Crippen LogP contribution in [0.2, 0.25) is 0 Å². The van der Waals surface area contributed by atoms with E-state index >= 15 is 0 Å². The predicted octanol–water partition coefficient (Wildman–Crippen LogP) is 4.30. The summed E-state index contributed by atoms with van der Waals surface area (Å²) in [5.74, 6) is 0. The van der Waals surface area contributed by atoms with Gasteiger partial charge in [-0.05, 0) is 63.2 Å². The first kappa shape index (κ1) is 16.5. The SMILES string of the molecule is CCCNC(CCN(CCC)C1CC1)c1ccccc1C. The summed E-state index contributed by atoms with van der Waals surface area (Å²) in [5.41, 5.74) is 2.90. The maximum Gasteiger partial charge on any atom is 0.0335 e. The second-order valence-corrected chi connectivity index (χ2v) is 6.42. The molecule has 21 heavy (non-hydrogen) atoms. The Bertz CT molecular complexity index is 412. The highest BCUT2D eigenvalue weighted by atomic mass is 15.2. The van der Waals surface area contributed by atoms with Crippen LogP contribution >= 0.6 is 0 Å². The van der Waals surface area contributed by atoms with E-state index < -0.39 is 0 Å². The van der Waals surface area contributed by atoms with Crippen LogP contribution < -0.4 is 5.32 Å². The smallest absolute Gasteiger partial charge is 0.0335 e. The van der Waals surface area contributed by atoms with Gasteiger partial charge in [0.15, 0.2) is 0 Å². The van der Waals surface area contributed by atoms with E-state index in [2.05, 4.69) is 55.3 Å². The second kappa shape index (κ2) is 8.55. The quantitative estimate of drug-likeness (QED) is 0.690. The summed E-state index contributed by atoms with van der Waals surface area (Å²) in [7, 11) is 0. The van der Waals surface area contributed by atoms with Crippen molar-refractivity contribution in [2.24, 2.45) is 0 Å². The molecule has 1 unspecified atom stereocenters. The van der Waals surface area contributed by atoms with Crippen molar-refractivity contribution in [1.82, 2.24) is 10.2 Å². The molecule has 2 nitrogen and oxygen atoms in total. The first-order valence-electron chi connectivity index (χ1n) is 8.79. The monoisotopic (exact) mass is 288 g/mol. The third kappa shape index (κ3) is 5.12. The van der Waals surface area contributed by atoms with Gasteiger partial charge in [0.05, 0.1) is 0 Å². The minimum atomic E-state index is 0.504. The lowest BCUT2D eigenvalue weighted by molar-refractivity contribution is 0.247. The number of benzene rings is 1. The zero-order valence-electron chi connectivity index (χ0n) is 14.1. The molecule has 1 fully saturated rings. The van der Waals surface area contributed by atoms with Crippen LogP contribution in [0.15, 0.2) is 24.3 Å². The van der Waals surface area contributed by atoms with E-state index in [4.69, 9.17) is 0 Å². The molecule has 0 amide bonds. The van der Waals surface area contributed by atoms with Gasteiger partial charge in [0.25, 0.3) is 0 Å².